The molecule has 0 atom stereocenters. The van der Waals surface area contributed by atoms with Crippen molar-refractivity contribution in [2.24, 2.45) is 0 Å². The molecule has 0 fully saturated rings. The molecule has 0 aliphatic carbocycles. The number of aryl methyl sites for hydroxylation is 1. The molecule has 0 aliphatic rings. The first kappa shape index (κ1) is 13.5. The Bertz CT molecular complexity index is 325. The van der Waals surface area contributed by atoms with Crippen LogP contribution >= 0.6 is 22.9 Å². The Labute approximate surface area is 106 Å². The van der Waals surface area contributed by atoms with E-state index in [-0.39, 0.29) is 5.91 Å². The highest BCUT2D eigenvalue weighted by Crippen LogP contribution is 2.16. The maximum Gasteiger partial charge on any atom is 0.261 e. The third kappa shape index (κ3) is 4.14. The number of thiophene rings is 1. The van der Waals surface area contributed by atoms with Crippen LogP contribution in [0.1, 0.15) is 41.4 Å². The molecule has 16 heavy (non-hydrogen) atoms. The van der Waals surface area contributed by atoms with Gasteiger partial charge in [-0.2, -0.15) is 0 Å². The average molecular weight is 260 g/mol. The van der Waals surface area contributed by atoms with Gasteiger partial charge in [-0.05, 0) is 36.3 Å². The van der Waals surface area contributed by atoms with Crippen LogP contribution in [0, 0.1) is 0 Å². The molecule has 0 aromatic carbocycles. The van der Waals surface area contributed by atoms with Crippen LogP contribution in [-0.4, -0.2) is 18.3 Å². The van der Waals surface area contributed by atoms with E-state index in [0.717, 1.165) is 42.7 Å². The van der Waals surface area contributed by atoms with E-state index in [1.165, 1.54) is 11.3 Å². The normalized spacial score (nSPS) is 10.4. The quantitative estimate of drug-likeness (QED) is 0.590. The summed E-state index contributed by atoms with van der Waals surface area (Å²) in [7, 11) is 0. The molecule has 0 saturated heterocycles. The number of hydrogen-bond acceptors (Lipinski definition) is 2. The third-order valence-corrected chi connectivity index (χ3v) is 3.65. The van der Waals surface area contributed by atoms with Crippen molar-refractivity contribution >= 4 is 28.8 Å². The number of hydrogen-bond donors (Lipinski definition) is 1. The zero-order valence-corrected chi connectivity index (χ0v) is 11.2. The summed E-state index contributed by atoms with van der Waals surface area (Å²) in [4.78, 5) is 12.7. The van der Waals surface area contributed by atoms with Crippen molar-refractivity contribution in [1.29, 1.82) is 0 Å². The second-order valence-corrected chi connectivity index (χ2v) is 4.93. The minimum absolute atomic E-state index is 0.0673. The van der Waals surface area contributed by atoms with Gasteiger partial charge in [-0.3, -0.25) is 4.79 Å². The summed E-state index contributed by atoms with van der Waals surface area (Å²) in [5.41, 5.74) is 1.14. The molecule has 0 radical (unpaired) electrons. The van der Waals surface area contributed by atoms with E-state index in [4.69, 9.17) is 11.6 Å². The first-order valence-corrected chi connectivity index (χ1v) is 7.11. The molecule has 1 aromatic heterocycles. The van der Waals surface area contributed by atoms with E-state index in [1.54, 1.807) is 0 Å². The molecule has 1 N–H and O–H groups in total. The van der Waals surface area contributed by atoms with Crippen LogP contribution in [0.4, 0.5) is 0 Å². The lowest BCUT2D eigenvalue weighted by Gasteiger charge is -2.04. The number of nitrogens with one attached hydrogen (secondary N) is 1. The largest absolute Gasteiger partial charge is 0.351 e. The van der Waals surface area contributed by atoms with Crippen molar-refractivity contribution in [1.82, 2.24) is 5.32 Å². The maximum atomic E-state index is 11.8. The third-order valence-electron chi connectivity index (χ3n) is 2.43. The number of halogens is 1. The topological polar surface area (TPSA) is 29.1 Å². The van der Waals surface area contributed by atoms with Crippen LogP contribution in [0.15, 0.2) is 11.4 Å². The Kier molecular flexibility index (Phi) is 6.50. The Morgan fingerprint density at radius 2 is 2.25 bits per heavy atom. The van der Waals surface area contributed by atoms with Gasteiger partial charge in [0.15, 0.2) is 0 Å². The van der Waals surface area contributed by atoms with E-state index >= 15 is 0 Å². The molecular weight excluding hydrogens is 242 g/mol. The summed E-state index contributed by atoms with van der Waals surface area (Å²) in [5, 5.41) is 4.92. The Morgan fingerprint density at radius 3 is 2.94 bits per heavy atom. The lowest BCUT2D eigenvalue weighted by molar-refractivity contribution is 0.0956. The molecular formula is C12H18ClNOS. The number of alkyl halides is 1. The van der Waals surface area contributed by atoms with Gasteiger partial charge in [-0.15, -0.1) is 22.9 Å². The van der Waals surface area contributed by atoms with Crippen LogP contribution in [0.5, 0.6) is 0 Å². The second kappa shape index (κ2) is 7.69. The number of carbonyl (C=O) groups excluding carboxylic acids is 1. The van der Waals surface area contributed by atoms with Crippen molar-refractivity contribution in [3.8, 4) is 0 Å². The summed E-state index contributed by atoms with van der Waals surface area (Å²) in [5.74, 6) is 0.775. The van der Waals surface area contributed by atoms with Gasteiger partial charge in [0.1, 0.15) is 0 Å². The lowest BCUT2D eigenvalue weighted by atomic mass is 10.2. The Hall–Kier alpha value is -0.540. The molecule has 1 heterocycles. The molecule has 2 nitrogen and oxygen atoms in total. The van der Waals surface area contributed by atoms with Crippen molar-refractivity contribution < 1.29 is 4.79 Å². The molecule has 1 amide bonds. The van der Waals surface area contributed by atoms with E-state index in [9.17, 15) is 4.79 Å². The summed E-state index contributed by atoms with van der Waals surface area (Å²) in [6.07, 6.45) is 4.02. The van der Waals surface area contributed by atoms with Gasteiger partial charge in [-0.1, -0.05) is 13.3 Å². The zero-order valence-electron chi connectivity index (χ0n) is 9.59. The monoisotopic (exact) mass is 259 g/mol. The SMILES string of the molecule is CCc1ccsc1C(=O)NCCCCCCl. The van der Waals surface area contributed by atoms with Gasteiger partial charge in [0, 0.05) is 12.4 Å². The average Bonchev–Trinajstić information content (AvgIpc) is 2.76. The van der Waals surface area contributed by atoms with Crippen molar-refractivity contribution in [2.75, 3.05) is 12.4 Å². The van der Waals surface area contributed by atoms with Gasteiger partial charge in [0.25, 0.3) is 5.91 Å². The molecule has 0 saturated carbocycles. The van der Waals surface area contributed by atoms with Crippen molar-refractivity contribution in [3.05, 3.63) is 21.9 Å². The summed E-state index contributed by atoms with van der Waals surface area (Å²) in [6.45, 7) is 2.82. The minimum atomic E-state index is 0.0673. The summed E-state index contributed by atoms with van der Waals surface area (Å²) >= 11 is 7.10. The number of amides is 1. The second-order valence-electron chi connectivity index (χ2n) is 3.63. The van der Waals surface area contributed by atoms with Crippen LogP contribution in [0.3, 0.4) is 0 Å². The predicted octanol–water partition coefficient (Wildman–Crippen LogP) is 3.45. The van der Waals surface area contributed by atoms with E-state index in [0.29, 0.717) is 5.88 Å². The minimum Gasteiger partial charge on any atom is -0.351 e. The zero-order chi connectivity index (χ0) is 11.8. The fourth-order valence-electron chi connectivity index (χ4n) is 1.49. The molecule has 0 bridgehead atoms. The smallest absolute Gasteiger partial charge is 0.261 e. The van der Waals surface area contributed by atoms with Gasteiger partial charge >= 0.3 is 0 Å². The van der Waals surface area contributed by atoms with Gasteiger partial charge in [-0.25, -0.2) is 0 Å². The highest BCUT2D eigenvalue weighted by atomic mass is 35.5. The first-order valence-electron chi connectivity index (χ1n) is 5.70. The van der Waals surface area contributed by atoms with Gasteiger partial charge in [0.2, 0.25) is 0 Å². The van der Waals surface area contributed by atoms with E-state index in [2.05, 4.69) is 12.2 Å². The molecule has 1 rings (SSSR count). The van der Waals surface area contributed by atoms with Crippen LogP contribution in [-0.2, 0) is 6.42 Å². The molecule has 90 valence electrons. The van der Waals surface area contributed by atoms with Crippen LogP contribution in [0.2, 0.25) is 0 Å². The summed E-state index contributed by atoms with van der Waals surface area (Å²) in [6, 6.07) is 2.02. The molecule has 0 unspecified atom stereocenters. The molecule has 1 aromatic rings. The van der Waals surface area contributed by atoms with E-state index < -0.39 is 0 Å². The fourth-order valence-corrected chi connectivity index (χ4v) is 2.59. The lowest BCUT2D eigenvalue weighted by Crippen LogP contribution is -2.24. The maximum absolute atomic E-state index is 11.8. The highest BCUT2D eigenvalue weighted by Gasteiger charge is 2.10. The van der Waals surface area contributed by atoms with Crippen LogP contribution < -0.4 is 5.32 Å². The van der Waals surface area contributed by atoms with Crippen molar-refractivity contribution in [3.63, 3.8) is 0 Å². The number of unbranched alkanes of at least 4 members (excludes halogenated alkanes) is 2. The van der Waals surface area contributed by atoms with Crippen LogP contribution in [0.25, 0.3) is 0 Å². The summed E-state index contributed by atoms with van der Waals surface area (Å²) < 4.78 is 0. The van der Waals surface area contributed by atoms with Gasteiger partial charge < -0.3 is 5.32 Å². The molecule has 0 spiro atoms. The van der Waals surface area contributed by atoms with Gasteiger partial charge in [0.05, 0.1) is 4.88 Å². The first-order chi connectivity index (χ1) is 7.79. The Morgan fingerprint density at radius 1 is 1.44 bits per heavy atom. The number of carbonyl (C=O) groups is 1. The number of rotatable bonds is 7. The molecule has 0 aliphatic heterocycles. The Balaban J connectivity index is 2.30. The predicted molar refractivity (Wildman–Crippen MR) is 70.6 cm³/mol. The fraction of sp³-hybridized carbons (Fsp3) is 0.583. The van der Waals surface area contributed by atoms with E-state index in [1.807, 2.05) is 11.4 Å². The highest BCUT2D eigenvalue weighted by molar-refractivity contribution is 7.12. The molecule has 4 heteroatoms. The van der Waals surface area contributed by atoms with Crippen molar-refractivity contribution in [2.45, 2.75) is 32.6 Å². The standard InChI is InChI=1S/C12H18ClNOS/c1-2-10-6-9-16-11(10)12(15)14-8-5-3-4-7-13/h6,9H,2-5,7-8H2,1H3,(H,14,15).